The van der Waals surface area contributed by atoms with Gasteiger partial charge in [-0.1, -0.05) is 34.1 Å². The number of alkyl halides is 3. The third-order valence-electron chi connectivity index (χ3n) is 3.14. The van der Waals surface area contributed by atoms with E-state index >= 15 is 0 Å². The number of hydrogen-bond acceptors (Lipinski definition) is 1. The van der Waals surface area contributed by atoms with E-state index in [2.05, 4.69) is 25.9 Å². The van der Waals surface area contributed by atoms with Gasteiger partial charge in [-0.15, -0.1) is 0 Å². The van der Waals surface area contributed by atoms with Crippen molar-refractivity contribution >= 4 is 39.1 Å². The van der Waals surface area contributed by atoms with Crippen LogP contribution in [0.3, 0.4) is 0 Å². The summed E-state index contributed by atoms with van der Waals surface area (Å²) in [6.45, 7) is 0. The number of rotatable bonds is 2. The van der Waals surface area contributed by atoms with E-state index in [1.807, 2.05) is 18.2 Å². The number of nitrogens with zero attached hydrogens (tertiary/aromatic N) is 1. The van der Waals surface area contributed by atoms with Crippen molar-refractivity contribution in [3.05, 3.63) is 63.9 Å². The van der Waals surface area contributed by atoms with Gasteiger partial charge in [-0.25, -0.2) is 4.98 Å². The second kappa shape index (κ2) is 5.61. The topological polar surface area (TPSA) is 28.7 Å². The van der Waals surface area contributed by atoms with Crippen LogP contribution in [0.2, 0.25) is 0 Å². The lowest BCUT2D eigenvalue weighted by Crippen LogP contribution is -2.03. The number of hydrogen-bond donors (Lipinski definition) is 1. The van der Waals surface area contributed by atoms with Gasteiger partial charge in [0, 0.05) is 4.47 Å². The van der Waals surface area contributed by atoms with Crippen molar-refractivity contribution in [3.8, 4) is 0 Å². The Hall–Kier alpha value is -2.08. The van der Waals surface area contributed by atoms with Crippen molar-refractivity contribution in [2.75, 3.05) is 0 Å². The molecule has 1 heterocycles. The third-order valence-corrected chi connectivity index (χ3v) is 3.63. The molecule has 0 aliphatic rings. The molecular formula is C16H10BrF3N2. The summed E-state index contributed by atoms with van der Waals surface area (Å²) < 4.78 is 38.4. The minimum atomic E-state index is -4.31. The highest BCUT2D eigenvalue weighted by Crippen LogP contribution is 2.29. The maximum atomic E-state index is 12.5. The van der Waals surface area contributed by atoms with Crippen LogP contribution in [0.4, 0.5) is 13.2 Å². The van der Waals surface area contributed by atoms with Crippen LogP contribution in [0.15, 0.2) is 46.9 Å². The van der Waals surface area contributed by atoms with Crippen LogP contribution in [-0.2, 0) is 6.18 Å². The molecule has 2 nitrogen and oxygen atoms in total. The Bertz CT molecular complexity index is 833. The predicted molar refractivity (Wildman–Crippen MR) is 84.2 cm³/mol. The average molecular weight is 367 g/mol. The molecule has 112 valence electrons. The number of imidazole rings is 1. The summed E-state index contributed by atoms with van der Waals surface area (Å²) in [6.07, 6.45) is -0.863. The summed E-state index contributed by atoms with van der Waals surface area (Å²) >= 11 is 3.38. The molecule has 0 aliphatic carbocycles. The molecule has 0 radical (unpaired) electrons. The fraction of sp³-hybridized carbons (Fsp3) is 0.0625. The van der Waals surface area contributed by atoms with Crippen LogP contribution in [0.1, 0.15) is 17.0 Å². The van der Waals surface area contributed by atoms with E-state index < -0.39 is 11.7 Å². The van der Waals surface area contributed by atoms with E-state index in [0.717, 1.165) is 27.6 Å². The van der Waals surface area contributed by atoms with E-state index in [1.165, 1.54) is 12.1 Å². The van der Waals surface area contributed by atoms with Crippen LogP contribution in [0, 0.1) is 0 Å². The first kappa shape index (κ1) is 14.8. The van der Waals surface area contributed by atoms with Crippen molar-refractivity contribution in [2.24, 2.45) is 0 Å². The first-order valence-electron chi connectivity index (χ1n) is 6.42. The predicted octanol–water partition coefficient (Wildman–Crippen LogP) is 5.51. The van der Waals surface area contributed by atoms with Crippen molar-refractivity contribution in [3.63, 3.8) is 0 Å². The lowest BCUT2D eigenvalue weighted by Gasteiger charge is -2.05. The Labute approximate surface area is 132 Å². The number of H-pyrrole nitrogens is 1. The largest absolute Gasteiger partial charge is 0.416 e. The van der Waals surface area contributed by atoms with Gasteiger partial charge in [0.2, 0.25) is 0 Å². The second-order valence-corrected chi connectivity index (χ2v) is 5.65. The van der Waals surface area contributed by atoms with Gasteiger partial charge in [0.15, 0.2) is 0 Å². The molecule has 1 aromatic heterocycles. The molecule has 3 aromatic rings. The second-order valence-electron chi connectivity index (χ2n) is 4.74. The summed E-state index contributed by atoms with van der Waals surface area (Å²) in [7, 11) is 0. The molecule has 0 fully saturated rings. The lowest BCUT2D eigenvalue weighted by molar-refractivity contribution is -0.137. The SMILES string of the molecule is FC(F)(F)c1ccc(/C=C/c2nc3cc(Br)ccc3[nH]2)cc1. The average Bonchev–Trinajstić information content (AvgIpc) is 2.86. The van der Waals surface area contributed by atoms with Crippen LogP contribution in [0.5, 0.6) is 0 Å². The fourth-order valence-electron chi connectivity index (χ4n) is 2.04. The molecule has 6 heteroatoms. The van der Waals surface area contributed by atoms with E-state index in [4.69, 9.17) is 0 Å². The van der Waals surface area contributed by atoms with Crippen molar-refractivity contribution in [1.29, 1.82) is 0 Å². The molecule has 0 saturated heterocycles. The molecule has 2 aromatic carbocycles. The van der Waals surface area contributed by atoms with E-state index in [1.54, 1.807) is 12.2 Å². The smallest absolute Gasteiger partial charge is 0.338 e. The van der Waals surface area contributed by atoms with Crippen molar-refractivity contribution < 1.29 is 13.2 Å². The Morgan fingerprint density at radius 1 is 1.00 bits per heavy atom. The maximum absolute atomic E-state index is 12.5. The normalized spacial score (nSPS) is 12.4. The van der Waals surface area contributed by atoms with Gasteiger partial charge in [-0.3, -0.25) is 0 Å². The Morgan fingerprint density at radius 3 is 2.41 bits per heavy atom. The van der Waals surface area contributed by atoms with Crippen LogP contribution < -0.4 is 0 Å². The zero-order chi connectivity index (χ0) is 15.7. The first-order valence-corrected chi connectivity index (χ1v) is 7.22. The van der Waals surface area contributed by atoms with Crippen molar-refractivity contribution in [2.45, 2.75) is 6.18 Å². The monoisotopic (exact) mass is 366 g/mol. The number of nitrogens with one attached hydrogen (secondary N) is 1. The standard InChI is InChI=1S/C16H10BrF3N2/c17-12-6-7-13-14(9-12)22-15(21-13)8-3-10-1-4-11(5-2-10)16(18,19)20/h1-9H,(H,21,22)/b8-3+. The number of fused-ring (bicyclic) bond motifs is 1. The highest BCUT2D eigenvalue weighted by molar-refractivity contribution is 9.10. The molecule has 0 aliphatic heterocycles. The Morgan fingerprint density at radius 2 is 1.73 bits per heavy atom. The van der Waals surface area contributed by atoms with E-state index in [9.17, 15) is 13.2 Å². The molecule has 1 N–H and O–H groups in total. The Balaban J connectivity index is 1.83. The summed E-state index contributed by atoms with van der Waals surface area (Å²) in [6, 6.07) is 10.7. The zero-order valence-electron chi connectivity index (χ0n) is 11.2. The number of halogens is 4. The van der Waals surface area contributed by atoms with Gasteiger partial charge < -0.3 is 4.98 Å². The number of benzene rings is 2. The van der Waals surface area contributed by atoms with Gasteiger partial charge in [0.25, 0.3) is 0 Å². The minimum Gasteiger partial charge on any atom is -0.338 e. The minimum absolute atomic E-state index is 0.646. The molecule has 3 rings (SSSR count). The van der Waals surface area contributed by atoms with Gasteiger partial charge in [0.1, 0.15) is 5.82 Å². The summed E-state index contributed by atoms with van der Waals surface area (Å²) in [5.74, 6) is 0.646. The fourth-order valence-corrected chi connectivity index (χ4v) is 2.39. The van der Waals surface area contributed by atoms with Gasteiger partial charge in [0.05, 0.1) is 16.6 Å². The molecule has 0 spiro atoms. The molecule has 0 bridgehead atoms. The molecular weight excluding hydrogens is 357 g/mol. The van der Waals surface area contributed by atoms with Crippen molar-refractivity contribution in [1.82, 2.24) is 9.97 Å². The molecule has 0 amide bonds. The quantitative estimate of drug-likeness (QED) is 0.635. The molecule has 22 heavy (non-hydrogen) atoms. The summed E-state index contributed by atoms with van der Waals surface area (Å²) in [4.78, 5) is 7.52. The first-order chi connectivity index (χ1) is 10.4. The van der Waals surface area contributed by atoms with Gasteiger partial charge in [-0.05, 0) is 42.0 Å². The third kappa shape index (κ3) is 3.22. The van der Waals surface area contributed by atoms with E-state index in [-0.39, 0.29) is 0 Å². The maximum Gasteiger partial charge on any atom is 0.416 e. The highest BCUT2D eigenvalue weighted by atomic mass is 79.9. The highest BCUT2D eigenvalue weighted by Gasteiger charge is 2.29. The molecule has 0 saturated carbocycles. The van der Waals surface area contributed by atoms with Gasteiger partial charge in [-0.2, -0.15) is 13.2 Å². The summed E-state index contributed by atoms with van der Waals surface area (Å²) in [5, 5.41) is 0. The van der Waals surface area contributed by atoms with E-state index in [0.29, 0.717) is 11.4 Å². The summed E-state index contributed by atoms with van der Waals surface area (Å²) in [5.41, 5.74) is 1.74. The molecule has 0 atom stereocenters. The van der Waals surface area contributed by atoms with Gasteiger partial charge >= 0.3 is 6.18 Å². The number of aromatic amines is 1. The lowest BCUT2D eigenvalue weighted by atomic mass is 10.1. The number of aromatic nitrogens is 2. The van der Waals surface area contributed by atoms with Crippen LogP contribution in [0.25, 0.3) is 23.2 Å². The Kier molecular flexibility index (Phi) is 3.78. The van der Waals surface area contributed by atoms with Crippen LogP contribution in [-0.4, -0.2) is 9.97 Å². The zero-order valence-corrected chi connectivity index (χ0v) is 12.7. The van der Waals surface area contributed by atoms with Crippen LogP contribution >= 0.6 is 15.9 Å². The molecule has 0 unspecified atom stereocenters.